The van der Waals surface area contributed by atoms with Crippen LogP contribution in [0, 0.1) is 23.4 Å². The minimum absolute atomic E-state index is 0.00119. The van der Waals surface area contributed by atoms with Crippen molar-refractivity contribution in [3.05, 3.63) is 35.1 Å². The number of halogens is 3. The van der Waals surface area contributed by atoms with Gasteiger partial charge >= 0.3 is 0 Å². The predicted molar refractivity (Wildman–Crippen MR) is 115 cm³/mol. The Morgan fingerprint density at radius 3 is 2.22 bits per heavy atom. The van der Waals surface area contributed by atoms with E-state index in [1.807, 2.05) is 4.90 Å². The highest BCUT2D eigenvalue weighted by Gasteiger charge is 2.44. The third kappa shape index (κ3) is 4.83. The van der Waals surface area contributed by atoms with Crippen molar-refractivity contribution in [1.29, 1.82) is 0 Å². The summed E-state index contributed by atoms with van der Waals surface area (Å²) in [5.41, 5.74) is 6.39. The van der Waals surface area contributed by atoms with Gasteiger partial charge in [-0.3, -0.25) is 4.79 Å². The van der Waals surface area contributed by atoms with Gasteiger partial charge in [0.1, 0.15) is 5.82 Å². The van der Waals surface area contributed by atoms with Crippen LogP contribution in [-0.4, -0.2) is 48.4 Å². The molecule has 5 nitrogen and oxygen atoms in total. The van der Waals surface area contributed by atoms with Gasteiger partial charge < -0.3 is 10.6 Å². The Morgan fingerprint density at radius 2 is 1.59 bits per heavy atom. The highest BCUT2D eigenvalue weighted by molar-refractivity contribution is 7.92. The smallest absolute Gasteiger partial charge is 0.224 e. The van der Waals surface area contributed by atoms with Crippen molar-refractivity contribution in [3.63, 3.8) is 0 Å². The van der Waals surface area contributed by atoms with E-state index in [2.05, 4.69) is 0 Å². The van der Waals surface area contributed by atoms with Crippen molar-refractivity contribution in [3.8, 4) is 0 Å². The van der Waals surface area contributed by atoms with Gasteiger partial charge in [-0.15, -0.1) is 0 Å². The number of carbonyl (C=O) groups is 1. The largest absolute Gasteiger partial charge is 0.337 e. The van der Waals surface area contributed by atoms with E-state index in [4.69, 9.17) is 5.73 Å². The standard InChI is InChI=1S/C23H31F3N2O3S/c24-19-13-21(26)20(25)11-14(19)12-22(27)15-9-16-5-6-17(10-15)28(16)23(29)7-8-32(30,31)18-3-1-2-4-18/h11,13,15-18,22H,1-10,12,27H2/t15?,16-,17+,22-/m1/s1. The summed E-state index contributed by atoms with van der Waals surface area (Å²) in [5, 5.41) is -0.299. The summed E-state index contributed by atoms with van der Waals surface area (Å²) < 4.78 is 65.8. The average molecular weight is 473 g/mol. The summed E-state index contributed by atoms with van der Waals surface area (Å²) >= 11 is 0. The van der Waals surface area contributed by atoms with E-state index in [-0.39, 0.29) is 53.3 Å². The van der Waals surface area contributed by atoms with Gasteiger partial charge in [-0.05, 0) is 62.5 Å². The van der Waals surface area contributed by atoms with Crippen LogP contribution in [0.5, 0.6) is 0 Å². The van der Waals surface area contributed by atoms with Crippen LogP contribution in [0.2, 0.25) is 0 Å². The number of benzene rings is 1. The Balaban J connectivity index is 1.35. The Morgan fingerprint density at radius 1 is 1.00 bits per heavy atom. The van der Waals surface area contributed by atoms with Gasteiger partial charge in [-0.1, -0.05) is 12.8 Å². The number of nitrogens with zero attached hydrogens (tertiary/aromatic N) is 1. The Bertz CT molecular complexity index is 951. The maximum atomic E-state index is 14.0. The summed E-state index contributed by atoms with van der Waals surface area (Å²) in [6.07, 6.45) is 6.38. The monoisotopic (exact) mass is 472 g/mol. The van der Waals surface area contributed by atoms with Crippen molar-refractivity contribution in [1.82, 2.24) is 4.90 Å². The molecule has 1 aromatic carbocycles. The summed E-state index contributed by atoms with van der Waals surface area (Å²) in [5.74, 6) is -3.30. The Labute approximate surface area is 187 Å². The maximum Gasteiger partial charge on any atom is 0.224 e. The third-order valence-corrected chi connectivity index (χ3v) is 9.88. The highest BCUT2D eigenvalue weighted by atomic mass is 32.2. The first-order chi connectivity index (χ1) is 15.2. The lowest BCUT2D eigenvalue weighted by molar-refractivity contribution is -0.136. The van der Waals surface area contributed by atoms with Crippen molar-refractivity contribution >= 4 is 15.7 Å². The van der Waals surface area contributed by atoms with Gasteiger partial charge in [-0.2, -0.15) is 0 Å². The summed E-state index contributed by atoms with van der Waals surface area (Å²) in [7, 11) is -3.24. The number of nitrogens with two attached hydrogens (primary N) is 1. The lowest BCUT2D eigenvalue weighted by Crippen LogP contribution is -2.50. The van der Waals surface area contributed by atoms with Crippen molar-refractivity contribution in [2.45, 2.75) is 87.6 Å². The molecule has 3 aliphatic rings. The second-order valence-electron chi connectivity index (χ2n) is 9.67. The molecule has 0 aromatic heterocycles. The summed E-state index contributed by atoms with van der Waals surface area (Å²) in [6, 6.07) is 0.977. The number of piperidine rings is 1. The van der Waals surface area contributed by atoms with Crippen molar-refractivity contribution in [2.75, 3.05) is 5.75 Å². The quantitative estimate of drug-likeness (QED) is 0.616. The SMILES string of the molecule is N[C@H](Cc1cc(F)c(F)cc1F)C1C[C@H]2CC[C@@H](C1)N2C(=O)CCS(=O)(=O)C1CCCC1. The van der Waals surface area contributed by atoms with E-state index in [1.165, 1.54) is 0 Å². The van der Waals surface area contributed by atoms with Gasteiger partial charge in [0, 0.05) is 30.6 Å². The molecule has 178 valence electrons. The summed E-state index contributed by atoms with van der Waals surface area (Å²) in [4.78, 5) is 14.8. The lowest BCUT2D eigenvalue weighted by Gasteiger charge is -2.41. The predicted octanol–water partition coefficient (Wildman–Crippen LogP) is 3.49. The topological polar surface area (TPSA) is 80.5 Å². The number of amides is 1. The molecular formula is C23H31F3N2O3S. The normalized spacial score (nSPS) is 27.1. The number of sulfone groups is 1. The first-order valence-electron chi connectivity index (χ1n) is 11.6. The maximum absolute atomic E-state index is 14.0. The minimum atomic E-state index is -3.24. The van der Waals surface area contributed by atoms with Crippen LogP contribution in [0.1, 0.15) is 63.4 Å². The molecule has 1 aromatic rings. The zero-order valence-corrected chi connectivity index (χ0v) is 18.9. The van der Waals surface area contributed by atoms with Gasteiger partial charge in [-0.25, -0.2) is 21.6 Å². The number of fused-ring (bicyclic) bond motifs is 2. The number of hydrogen-bond acceptors (Lipinski definition) is 4. The van der Waals surface area contributed by atoms with Crippen LogP contribution in [0.25, 0.3) is 0 Å². The molecule has 0 radical (unpaired) electrons. The molecule has 2 aliphatic heterocycles. The molecule has 3 fully saturated rings. The van der Waals surface area contributed by atoms with E-state index < -0.39 is 33.3 Å². The van der Waals surface area contributed by atoms with Gasteiger partial charge in [0.05, 0.1) is 11.0 Å². The second-order valence-corrected chi connectivity index (χ2v) is 12.1. The molecule has 9 heteroatoms. The molecule has 1 unspecified atom stereocenters. The molecule has 2 N–H and O–H groups in total. The van der Waals surface area contributed by atoms with Crippen LogP contribution in [0.15, 0.2) is 12.1 Å². The van der Waals surface area contributed by atoms with Crippen molar-refractivity contribution < 1.29 is 26.4 Å². The zero-order chi connectivity index (χ0) is 23.0. The fourth-order valence-corrected chi connectivity index (χ4v) is 7.73. The van der Waals surface area contributed by atoms with E-state index in [0.717, 1.165) is 31.7 Å². The minimum Gasteiger partial charge on any atom is -0.337 e. The van der Waals surface area contributed by atoms with E-state index in [0.29, 0.717) is 31.7 Å². The fourth-order valence-electron chi connectivity index (χ4n) is 5.89. The first-order valence-corrected chi connectivity index (χ1v) is 13.3. The van der Waals surface area contributed by atoms with Crippen LogP contribution < -0.4 is 5.73 Å². The van der Waals surface area contributed by atoms with Crippen LogP contribution >= 0.6 is 0 Å². The van der Waals surface area contributed by atoms with Crippen LogP contribution in [0.4, 0.5) is 13.2 Å². The molecular weight excluding hydrogens is 441 g/mol. The molecule has 1 aliphatic carbocycles. The zero-order valence-electron chi connectivity index (χ0n) is 18.1. The third-order valence-electron chi connectivity index (χ3n) is 7.62. The molecule has 1 saturated carbocycles. The van der Waals surface area contributed by atoms with Gasteiger partial charge in [0.25, 0.3) is 0 Å². The molecule has 0 spiro atoms. The van der Waals surface area contributed by atoms with Crippen LogP contribution in [0.3, 0.4) is 0 Å². The van der Waals surface area contributed by atoms with E-state index in [1.54, 1.807) is 0 Å². The molecule has 4 atom stereocenters. The Hall–Kier alpha value is -1.61. The van der Waals surface area contributed by atoms with Gasteiger partial charge in [0.2, 0.25) is 5.91 Å². The van der Waals surface area contributed by atoms with Crippen molar-refractivity contribution in [2.24, 2.45) is 11.7 Å². The summed E-state index contributed by atoms with van der Waals surface area (Å²) in [6.45, 7) is 0. The fraction of sp³-hybridized carbons (Fsp3) is 0.696. The van der Waals surface area contributed by atoms with E-state index >= 15 is 0 Å². The number of carbonyl (C=O) groups excluding carboxylic acids is 1. The molecule has 32 heavy (non-hydrogen) atoms. The molecule has 1 amide bonds. The van der Waals surface area contributed by atoms with E-state index in [9.17, 15) is 26.4 Å². The average Bonchev–Trinajstić information content (AvgIpc) is 3.37. The number of hydrogen-bond donors (Lipinski definition) is 1. The highest BCUT2D eigenvalue weighted by Crippen LogP contribution is 2.40. The molecule has 2 saturated heterocycles. The second kappa shape index (κ2) is 9.33. The number of rotatable bonds is 7. The molecule has 2 heterocycles. The van der Waals surface area contributed by atoms with Gasteiger partial charge in [0.15, 0.2) is 21.5 Å². The molecule has 4 rings (SSSR count). The Kier molecular flexibility index (Phi) is 6.86. The first kappa shape index (κ1) is 23.5. The lowest BCUT2D eigenvalue weighted by atomic mass is 9.82. The van der Waals surface area contributed by atoms with Crippen LogP contribution in [-0.2, 0) is 21.1 Å². The molecule has 2 bridgehead atoms.